The monoisotopic (exact) mass is 397 g/mol. The molecule has 0 unspecified atom stereocenters. The smallest absolute Gasteiger partial charge is 0.272 e. The van der Waals surface area contributed by atoms with Gasteiger partial charge in [-0.2, -0.15) is 5.10 Å². The van der Waals surface area contributed by atoms with Crippen LogP contribution in [-0.4, -0.2) is 22.2 Å². The summed E-state index contributed by atoms with van der Waals surface area (Å²) >= 11 is 6.52. The Kier molecular flexibility index (Phi) is 4.86. The third kappa shape index (κ3) is 3.88. The molecule has 0 atom stereocenters. The lowest BCUT2D eigenvalue weighted by atomic mass is 10.2. The summed E-state index contributed by atoms with van der Waals surface area (Å²) in [6.07, 6.45) is 4.38. The van der Waals surface area contributed by atoms with Gasteiger partial charge in [-0.15, -0.1) is 0 Å². The van der Waals surface area contributed by atoms with E-state index in [1.807, 2.05) is 0 Å². The Morgan fingerprint density at radius 3 is 2.80 bits per heavy atom. The summed E-state index contributed by atoms with van der Waals surface area (Å²) in [5.74, 6) is -0.306. The first-order valence-electron chi connectivity index (χ1n) is 5.49. The predicted molar refractivity (Wildman–Crippen MR) is 82.8 cm³/mol. The lowest BCUT2D eigenvalue weighted by molar-refractivity contribution is 0.0954. The van der Waals surface area contributed by atoms with E-state index in [4.69, 9.17) is 0 Å². The van der Waals surface area contributed by atoms with E-state index < -0.39 is 0 Å². The SMILES string of the molecule is O=C(NN=Cc1cc(Br)ccc1O)c1cncc(Br)c1. The van der Waals surface area contributed by atoms with Crippen LogP contribution >= 0.6 is 31.9 Å². The first kappa shape index (κ1) is 14.7. The Morgan fingerprint density at radius 2 is 2.05 bits per heavy atom. The summed E-state index contributed by atoms with van der Waals surface area (Å²) in [5, 5.41) is 13.4. The van der Waals surface area contributed by atoms with Crippen molar-refractivity contribution < 1.29 is 9.90 Å². The van der Waals surface area contributed by atoms with Gasteiger partial charge in [-0.1, -0.05) is 15.9 Å². The third-order valence-electron chi connectivity index (χ3n) is 2.33. The molecule has 5 nitrogen and oxygen atoms in total. The minimum Gasteiger partial charge on any atom is -0.507 e. The molecule has 1 heterocycles. The van der Waals surface area contributed by atoms with Crippen molar-refractivity contribution in [3.05, 3.63) is 56.7 Å². The van der Waals surface area contributed by atoms with Gasteiger partial charge in [0.05, 0.1) is 11.8 Å². The second kappa shape index (κ2) is 6.62. The van der Waals surface area contributed by atoms with Crippen molar-refractivity contribution in [2.24, 2.45) is 5.10 Å². The zero-order chi connectivity index (χ0) is 14.5. The van der Waals surface area contributed by atoms with Gasteiger partial charge in [-0.25, -0.2) is 5.43 Å². The number of nitrogens with zero attached hydrogens (tertiary/aromatic N) is 2. The maximum absolute atomic E-state index is 11.8. The molecule has 0 saturated carbocycles. The molecule has 20 heavy (non-hydrogen) atoms. The average molecular weight is 399 g/mol. The van der Waals surface area contributed by atoms with Crippen molar-refractivity contribution in [1.29, 1.82) is 0 Å². The van der Waals surface area contributed by atoms with Crippen molar-refractivity contribution in [3.63, 3.8) is 0 Å². The van der Waals surface area contributed by atoms with Gasteiger partial charge in [0.15, 0.2) is 0 Å². The van der Waals surface area contributed by atoms with Crippen LogP contribution in [0, 0.1) is 0 Å². The maximum atomic E-state index is 11.8. The number of hydrogen-bond donors (Lipinski definition) is 2. The molecule has 0 fully saturated rings. The van der Waals surface area contributed by atoms with Crippen molar-refractivity contribution in [2.75, 3.05) is 0 Å². The Bertz CT molecular complexity index is 674. The van der Waals surface area contributed by atoms with Gasteiger partial charge >= 0.3 is 0 Å². The first-order valence-corrected chi connectivity index (χ1v) is 7.07. The molecular weight excluding hydrogens is 390 g/mol. The quantitative estimate of drug-likeness (QED) is 0.616. The molecule has 1 aromatic carbocycles. The summed E-state index contributed by atoms with van der Waals surface area (Å²) < 4.78 is 1.51. The Labute approximate surface area is 132 Å². The molecule has 2 rings (SSSR count). The molecule has 0 spiro atoms. The molecular formula is C13H9Br2N3O2. The Morgan fingerprint density at radius 1 is 1.25 bits per heavy atom. The van der Waals surface area contributed by atoms with Crippen LogP contribution in [0.25, 0.3) is 0 Å². The van der Waals surface area contributed by atoms with Crippen LogP contribution < -0.4 is 5.43 Å². The summed E-state index contributed by atoms with van der Waals surface area (Å²) in [5.41, 5.74) is 3.24. The molecule has 2 N–H and O–H groups in total. The zero-order valence-corrected chi connectivity index (χ0v) is 13.2. The molecule has 102 valence electrons. The average Bonchev–Trinajstić information content (AvgIpc) is 2.42. The van der Waals surface area contributed by atoms with Crippen molar-refractivity contribution in [3.8, 4) is 5.75 Å². The van der Waals surface area contributed by atoms with E-state index in [0.29, 0.717) is 15.6 Å². The lowest BCUT2D eigenvalue weighted by Crippen LogP contribution is -2.17. The minimum atomic E-state index is -0.385. The van der Waals surface area contributed by atoms with E-state index >= 15 is 0 Å². The van der Waals surface area contributed by atoms with E-state index in [9.17, 15) is 9.90 Å². The fourth-order valence-electron chi connectivity index (χ4n) is 1.39. The van der Waals surface area contributed by atoms with Crippen LogP contribution in [0.2, 0.25) is 0 Å². The van der Waals surface area contributed by atoms with Crippen LogP contribution in [0.15, 0.2) is 50.7 Å². The molecule has 1 amide bonds. The third-order valence-corrected chi connectivity index (χ3v) is 3.25. The molecule has 1 aromatic heterocycles. The highest BCUT2D eigenvalue weighted by atomic mass is 79.9. The zero-order valence-electron chi connectivity index (χ0n) is 10.0. The number of rotatable bonds is 3. The molecule has 0 aliphatic rings. The molecule has 7 heteroatoms. The summed E-state index contributed by atoms with van der Waals surface area (Å²) in [6.45, 7) is 0. The van der Waals surface area contributed by atoms with E-state index in [-0.39, 0.29) is 11.7 Å². The van der Waals surface area contributed by atoms with Crippen molar-refractivity contribution >= 4 is 44.0 Å². The van der Waals surface area contributed by atoms with E-state index in [2.05, 4.69) is 47.4 Å². The normalized spacial score (nSPS) is 10.7. The number of pyridine rings is 1. The summed E-state index contributed by atoms with van der Waals surface area (Å²) in [6, 6.07) is 6.56. The molecule has 0 bridgehead atoms. The first-order chi connectivity index (χ1) is 9.56. The number of carbonyl (C=O) groups is 1. The maximum Gasteiger partial charge on any atom is 0.272 e. The van der Waals surface area contributed by atoms with Crippen molar-refractivity contribution in [2.45, 2.75) is 0 Å². The summed E-state index contributed by atoms with van der Waals surface area (Å²) in [4.78, 5) is 15.7. The van der Waals surface area contributed by atoms with Gasteiger partial charge in [0, 0.05) is 26.9 Å². The topological polar surface area (TPSA) is 74.6 Å². The number of nitrogens with one attached hydrogen (secondary N) is 1. The number of phenols is 1. The van der Waals surface area contributed by atoms with Crippen molar-refractivity contribution in [1.82, 2.24) is 10.4 Å². The van der Waals surface area contributed by atoms with Crippen LogP contribution in [0.4, 0.5) is 0 Å². The van der Waals surface area contributed by atoms with Gasteiger partial charge in [-0.05, 0) is 40.2 Å². The Hall–Kier alpha value is -1.73. The second-order valence-electron chi connectivity index (χ2n) is 3.79. The molecule has 0 aliphatic heterocycles. The number of carbonyl (C=O) groups excluding carboxylic acids is 1. The van der Waals surface area contributed by atoms with Gasteiger partial charge in [0.2, 0.25) is 0 Å². The van der Waals surface area contributed by atoms with Gasteiger partial charge < -0.3 is 5.11 Å². The number of hydrazone groups is 1. The van der Waals surface area contributed by atoms with Gasteiger partial charge in [-0.3, -0.25) is 9.78 Å². The number of aromatic nitrogens is 1. The van der Waals surface area contributed by atoms with Crippen LogP contribution in [-0.2, 0) is 0 Å². The highest BCUT2D eigenvalue weighted by molar-refractivity contribution is 9.10. The highest BCUT2D eigenvalue weighted by Crippen LogP contribution is 2.19. The van der Waals surface area contributed by atoms with E-state index in [1.54, 1.807) is 24.4 Å². The number of hydrogen-bond acceptors (Lipinski definition) is 4. The van der Waals surface area contributed by atoms with Gasteiger partial charge in [0.1, 0.15) is 5.75 Å². The van der Waals surface area contributed by atoms with Gasteiger partial charge in [0.25, 0.3) is 5.91 Å². The highest BCUT2D eigenvalue weighted by Gasteiger charge is 2.05. The number of halogens is 2. The second-order valence-corrected chi connectivity index (χ2v) is 5.63. The standard InChI is InChI=1S/C13H9Br2N3O2/c14-10-1-2-12(19)8(3-10)6-17-18-13(20)9-4-11(15)7-16-5-9/h1-7,19H,(H,18,20). The number of phenolic OH excluding ortho intramolecular Hbond substituents is 1. The predicted octanol–water partition coefficient (Wildman–Crippen LogP) is 3.08. The van der Waals surface area contributed by atoms with E-state index in [1.165, 1.54) is 18.5 Å². The van der Waals surface area contributed by atoms with E-state index in [0.717, 1.165) is 4.47 Å². The number of aromatic hydroxyl groups is 1. The molecule has 0 saturated heterocycles. The van der Waals surface area contributed by atoms with Crippen LogP contribution in [0.3, 0.4) is 0 Å². The van der Waals surface area contributed by atoms with Crippen LogP contribution in [0.1, 0.15) is 15.9 Å². The molecule has 0 radical (unpaired) electrons. The fraction of sp³-hybridized carbons (Fsp3) is 0. The van der Waals surface area contributed by atoms with Crippen LogP contribution in [0.5, 0.6) is 5.75 Å². The lowest BCUT2D eigenvalue weighted by Gasteiger charge is -2.01. The number of amides is 1. The Balaban J connectivity index is 2.06. The minimum absolute atomic E-state index is 0.0790. The fourth-order valence-corrected chi connectivity index (χ4v) is 2.13. The molecule has 2 aromatic rings. The number of benzene rings is 1. The largest absolute Gasteiger partial charge is 0.507 e. The molecule has 0 aliphatic carbocycles. The summed E-state index contributed by atoms with van der Waals surface area (Å²) in [7, 11) is 0.